The van der Waals surface area contributed by atoms with E-state index in [2.05, 4.69) is 20.5 Å². The maximum absolute atomic E-state index is 12.8. The summed E-state index contributed by atoms with van der Waals surface area (Å²) >= 11 is 0. The number of fused-ring (bicyclic) bond motifs is 3. The Morgan fingerprint density at radius 2 is 1.87 bits per heavy atom. The molecule has 0 unspecified atom stereocenters. The Morgan fingerprint density at radius 1 is 1.10 bits per heavy atom. The number of nitrogens with one attached hydrogen (secondary N) is 2. The topological polar surface area (TPSA) is 90.4 Å². The molecule has 1 saturated carbocycles. The number of H-pyrrole nitrogens is 1. The summed E-state index contributed by atoms with van der Waals surface area (Å²) in [5, 5.41) is 15.8. The van der Waals surface area contributed by atoms with Gasteiger partial charge in [0.2, 0.25) is 0 Å². The molecule has 2 aromatic carbocycles. The Morgan fingerprint density at radius 3 is 2.67 bits per heavy atom. The second-order valence-corrected chi connectivity index (χ2v) is 7.76. The van der Waals surface area contributed by atoms with Crippen LogP contribution in [0.4, 0.5) is 0 Å². The van der Waals surface area contributed by atoms with Crippen LogP contribution >= 0.6 is 0 Å². The number of benzene rings is 2. The molecule has 5 rings (SSSR count). The largest absolute Gasteiger partial charge is 0.508 e. The van der Waals surface area contributed by atoms with Crippen molar-refractivity contribution in [2.45, 2.75) is 25.7 Å². The van der Waals surface area contributed by atoms with Crippen molar-refractivity contribution in [1.82, 2.24) is 15.4 Å². The van der Waals surface area contributed by atoms with Crippen LogP contribution in [0.3, 0.4) is 0 Å². The van der Waals surface area contributed by atoms with Gasteiger partial charge in [0.1, 0.15) is 11.4 Å². The summed E-state index contributed by atoms with van der Waals surface area (Å²) in [7, 11) is 0. The molecule has 0 radical (unpaired) electrons. The fourth-order valence-corrected chi connectivity index (χ4v) is 4.16. The van der Waals surface area contributed by atoms with Crippen molar-refractivity contribution in [3.63, 3.8) is 0 Å². The third-order valence-corrected chi connectivity index (χ3v) is 5.72. The van der Waals surface area contributed by atoms with Crippen LogP contribution < -0.4 is 5.43 Å². The number of hydrogen-bond acceptors (Lipinski definition) is 4. The van der Waals surface area contributed by atoms with Gasteiger partial charge in [-0.05, 0) is 55.2 Å². The van der Waals surface area contributed by atoms with Gasteiger partial charge in [0, 0.05) is 28.1 Å². The van der Waals surface area contributed by atoms with Crippen LogP contribution in [0, 0.1) is 5.92 Å². The summed E-state index contributed by atoms with van der Waals surface area (Å²) in [6.07, 6.45) is 6.54. The van der Waals surface area contributed by atoms with Gasteiger partial charge in [-0.2, -0.15) is 5.10 Å². The van der Waals surface area contributed by atoms with E-state index in [1.165, 1.54) is 12.8 Å². The number of rotatable bonds is 4. The molecule has 0 saturated heterocycles. The van der Waals surface area contributed by atoms with Crippen molar-refractivity contribution in [2.75, 3.05) is 0 Å². The Labute approximate surface area is 173 Å². The molecule has 1 aliphatic rings. The molecule has 6 heteroatoms. The summed E-state index contributed by atoms with van der Waals surface area (Å²) in [6.45, 7) is 0. The molecule has 6 nitrogen and oxygen atoms in total. The van der Waals surface area contributed by atoms with E-state index in [0.717, 1.165) is 40.2 Å². The van der Waals surface area contributed by atoms with Gasteiger partial charge in [0.25, 0.3) is 5.91 Å². The van der Waals surface area contributed by atoms with E-state index in [-0.39, 0.29) is 11.7 Å². The maximum atomic E-state index is 12.8. The normalized spacial score (nSPS) is 14.8. The highest BCUT2D eigenvalue weighted by Gasteiger charge is 2.17. The predicted octanol–water partition coefficient (Wildman–Crippen LogP) is 4.99. The van der Waals surface area contributed by atoms with Gasteiger partial charge in [-0.3, -0.25) is 4.79 Å². The van der Waals surface area contributed by atoms with Gasteiger partial charge < -0.3 is 10.1 Å². The smallest absolute Gasteiger partial charge is 0.289 e. The lowest BCUT2D eigenvalue weighted by Crippen LogP contribution is -2.20. The number of hydrazone groups is 1. The number of carbonyl (C=O) groups is 1. The van der Waals surface area contributed by atoms with E-state index >= 15 is 0 Å². The Hall–Kier alpha value is -3.67. The van der Waals surface area contributed by atoms with Gasteiger partial charge in [-0.1, -0.05) is 31.0 Å². The van der Waals surface area contributed by atoms with Gasteiger partial charge in [-0.15, -0.1) is 0 Å². The van der Waals surface area contributed by atoms with Gasteiger partial charge in [0.15, 0.2) is 0 Å². The monoisotopic (exact) mass is 398 g/mol. The number of amides is 1. The first kappa shape index (κ1) is 18.4. The van der Waals surface area contributed by atoms with E-state index in [0.29, 0.717) is 17.3 Å². The lowest BCUT2D eigenvalue weighted by Gasteiger charge is -2.07. The lowest BCUT2D eigenvalue weighted by molar-refractivity contribution is 0.0950. The van der Waals surface area contributed by atoms with Crippen molar-refractivity contribution >= 4 is 33.9 Å². The molecule has 150 valence electrons. The fourth-order valence-electron chi connectivity index (χ4n) is 4.16. The molecule has 0 spiro atoms. The minimum absolute atomic E-state index is 0.182. The average Bonchev–Trinajstić information content (AvgIpc) is 3.41. The quantitative estimate of drug-likeness (QED) is 0.334. The summed E-state index contributed by atoms with van der Waals surface area (Å²) < 4.78 is 0. The molecule has 2 heterocycles. The summed E-state index contributed by atoms with van der Waals surface area (Å²) in [5.74, 6) is 0.292. The number of pyridine rings is 1. The minimum Gasteiger partial charge on any atom is -0.508 e. The minimum atomic E-state index is -0.337. The van der Waals surface area contributed by atoms with Crippen LogP contribution in [0.5, 0.6) is 5.75 Å². The summed E-state index contributed by atoms with van der Waals surface area (Å²) in [6, 6.07) is 16.6. The number of aromatic nitrogens is 2. The third kappa shape index (κ3) is 3.41. The molecule has 1 aliphatic carbocycles. The molecule has 30 heavy (non-hydrogen) atoms. The number of phenolic OH excluding ortho intramolecular Hbond substituents is 1. The summed E-state index contributed by atoms with van der Waals surface area (Å²) in [5.41, 5.74) is 6.25. The fraction of sp³-hybridized carbons (Fsp3) is 0.208. The summed E-state index contributed by atoms with van der Waals surface area (Å²) in [4.78, 5) is 20.9. The number of phenols is 1. The van der Waals surface area contributed by atoms with Crippen molar-refractivity contribution in [3.05, 3.63) is 60.3 Å². The van der Waals surface area contributed by atoms with Crippen LogP contribution in [-0.4, -0.2) is 27.2 Å². The highest BCUT2D eigenvalue weighted by molar-refractivity contribution is 6.13. The number of aromatic hydroxyl groups is 1. The Balaban J connectivity index is 1.58. The van der Waals surface area contributed by atoms with Gasteiger partial charge in [0.05, 0.1) is 11.2 Å². The second-order valence-electron chi connectivity index (χ2n) is 7.76. The SMILES string of the molecule is O=C(N/N=C/C1CCCC1)c1cc2c([nH]c3ccccc32)c(-c2ccc(O)cc2)n1. The van der Waals surface area contributed by atoms with Crippen LogP contribution in [0.25, 0.3) is 33.1 Å². The first-order chi connectivity index (χ1) is 14.7. The van der Waals surface area contributed by atoms with Crippen molar-refractivity contribution in [1.29, 1.82) is 0 Å². The van der Waals surface area contributed by atoms with Crippen molar-refractivity contribution < 1.29 is 9.90 Å². The number of aromatic amines is 1. The van der Waals surface area contributed by atoms with Crippen LogP contribution in [0.15, 0.2) is 59.7 Å². The Bertz CT molecular complexity index is 1250. The molecule has 0 aliphatic heterocycles. The molecule has 0 bridgehead atoms. The third-order valence-electron chi connectivity index (χ3n) is 5.72. The molecular formula is C24H22N4O2. The lowest BCUT2D eigenvalue weighted by atomic mass is 10.1. The van der Waals surface area contributed by atoms with E-state index in [9.17, 15) is 9.90 Å². The zero-order valence-corrected chi connectivity index (χ0v) is 16.4. The highest BCUT2D eigenvalue weighted by atomic mass is 16.3. The van der Waals surface area contributed by atoms with E-state index in [4.69, 9.17) is 0 Å². The number of para-hydroxylation sites is 1. The molecule has 0 atom stereocenters. The zero-order valence-electron chi connectivity index (χ0n) is 16.4. The average molecular weight is 398 g/mol. The first-order valence-electron chi connectivity index (χ1n) is 10.2. The molecule has 4 aromatic rings. The standard InChI is InChI=1S/C24H22N4O2/c29-17-11-9-16(10-12-17)22-23-19(18-7-3-4-8-20(18)26-23)13-21(27-22)24(30)28-25-14-15-5-1-2-6-15/h3-4,7-15,26,29H,1-2,5-6H2,(H,28,30)/b25-14+. The number of nitrogens with zero attached hydrogens (tertiary/aromatic N) is 2. The Kier molecular flexibility index (Phi) is 4.67. The van der Waals surface area contributed by atoms with Crippen molar-refractivity contribution in [2.24, 2.45) is 11.0 Å². The number of hydrogen-bond donors (Lipinski definition) is 3. The van der Waals surface area contributed by atoms with Crippen molar-refractivity contribution in [3.8, 4) is 17.0 Å². The molecule has 3 N–H and O–H groups in total. The van der Waals surface area contributed by atoms with Crippen LogP contribution in [0.1, 0.15) is 36.2 Å². The molecule has 2 aromatic heterocycles. The predicted molar refractivity (Wildman–Crippen MR) is 119 cm³/mol. The first-order valence-corrected chi connectivity index (χ1v) is 10.2. The van der Waals surface area contributed by atoms with Gasteiger partial charge in [-0.25, -0.2) is 10.4 Å². The zero-order chi connectivity index (χ0) is 20.5. The van der Waals surface area contributed by atoms with E-state index in [1.54, 1.807) is 30.3 Å². The van der Waals surface area contributed by atoms with E-state index in [1.807, 2.05) is 30.5 Å². The molecule has 1 fully saturated rings. The van der Waals surface area contributed by atoms with Crippen LogP contribution in [0.2, 0.25) is 0 Å². The maximum Gasteiger partial charge on any atom is 0.289 e. The molecule has 1 amide bonds. The second kappa shape index (κ2) is 7.63. The van der Waals surface area contributed by atoms with Gasteiger partial charge >= 0.3 is 0 Å². The van der Waals surface area contributed by atoms with Crippen LogP contribution in [-0.2, 0) is 0 Å². The van der Waals surface area contributed by atoms with E-state index < -0.39 is 0 Å². The molecular weight excluding hydrogens is 376 g/mol. The highest BCUT2D eigenvalue weighted by Crippen LogP contribution is 2.33. The number of carbonyl (C=O) groups excluding carboxylic acids is 1.